The number of nitrogens with zero attached hydrogens (tertiary/aromatic N) is 1. The van der Waals surface area contributed by atoms with Crippen LogP contribution in [0.25, 0.3) is 0 Å². The molecule has 2 N–H and O–H groups in total. The lowest BCUT2D eigenvalue weighted by Crippen LogP contribution is -2.21. The second-order valence-corrected chi connectivity index (χ2v) is 3.43. The second-order valence-electron chi connectivity index (χ2n) is 2.57. The molecule has 68 valence electrons. The first-order chi connectivity index (χ1) is 5.83. The van der Waals surface area contributed by atoms with Gasteiger partial charge in [-0.2, -0.15) is 0 Å². The lowest BCUT2D eigenvalue weighted by atomic mass is 10.6. The first-order valence-electron chi connectivity index (χ1n) is 4.19. The van der Waals surface area contributed by atoms with Crippen LogP contribution >= 0.6 is 11.3 Å². The molecule has 0 bridgehead atoms. The molecule has 1 rings (SSSR count). The molecule has 12 heavy (non-hydrogen) atoms. The van der Waals surface area contributed by atoms with Gasteiger partial charge in [0.15, 0.2) is 5.13 Å². The topological polar surface area (TPSA) is 37.0 Å². The van der Waals surface area contributed by atoms with Crippen molar-refractivity contribution in [3.05, 3.63) is 11.1 Å². The van der Waals surface area contributed by atoms with E-state index in [1.807, 2.05) is 6.92 Å². The van der Waals surface area contributed by atoms with Crippen LogP contribution in [0.1, 0.15) is 12.6 Å². The van der Waals surface area contributed by atoms with Crippen molar-refractivity contribution in [2.24, 2.45) is 0 Å². The summed E-state index contributed by atoms with van der Waals surface area (Å²) in [6.45, 7) is 7.08. The number of anilines is 1. The summed E-state index contributed by atoms with van der Waals surface area (Å²) >= 11 is 1.66. The van der Waals surface area contributed by atoms with Gasteiger partial charge in [0, 0.05) is 18.5 Å². The maximum absolute atomic E-state index is 4.29. The van der Waals surface area contributed by atoms with Crippen molar-refractivity contribution in [2.75, 3.05) is 25.0 Å². The van der Waals surface area contributed by atoms with Gasteiger partial charge in [-0.15, -0.1) is 11.3 Å². The fourth-order valence-corrected chi connectivity index (χ4v) is 1.59. The minimum absolute atomic E-state index is 0.945. The van der Waals surface area contributed by atoms with E-state index >= 15 is 0 Å². The maximum atomic E-state index is 4.29. The molecule has 0 aliphatic heterocycles. The highest BCUT2D eigenvalue weighted by molar-refractivity contribution is 7.13. The highest BCUT2D eigenvalue weighted by Gasteiger charge is 1.94. The molecule has 1 aromatic rings. The zero-order valence-electron chi connectivity index (χ0n) is 7.55. The molecule has 0 fully saturated rings. The van der Waals surface area contributed by atoms with E-state index in [4.69, 9.17) is 0 Å². The van der Waals surface area contributed by atoms with Crippen molar-refractivity contribution in [1.82, 2.24) is 10.3 Å². The van der Waals surface area contributed by atoms with Gasteiger partial charge in [0.25, 0.3) is 0 Å². The van der Waals surface area contributed by atoms with Gasteiger partial charge < -0.3 is 10.6 Å². The maximum Gasteiger partial charge on any atom is 0.182 e. The standard InChI is InChI=1S/C8H15N3S/c1-3-9-4-5-10-8-11-7(2)6-12-8/h6,9H,3-5H2,1-2H3,(H,10,11). The summed E-state index contributed by atoms with van der Waals surface area (Å²) in [5.74, 6) is 0. The summed E-state index contributed by atoms with van der Waals surface area (Å²) in [4.78, 5) is 4.29. The quantitative estimate of drug-likeness (QED) is 0.682. The average molecular weight is 185 g/mol. The molecule has 0 aliphatic rings. The van der Waals surface area contributed by atoms with E-state index in [0.717, 1.165) is 30.5 Å². The van der Waals surface area contributed by atoms with Crippen molar-refractivity contribution in [3.63, 3.8) is 0 Å². The van der Waals surface area contributed by atoms with E-state index in [1.165, 1.54) is 0 Å². The van der Waals surface area contributed by atoms with Gasteiger partial charge in [-0.05, 0) is 13.5 Å². The Bertz CT molecular complexity index is 222. The zero-order chi connectivity index (χ0) is 8.81. The zero-order valence-corrected chi connectivity index (χ0v) is 8.37. The van der Waals surface area contributed by atoms with E-state index in [9.17, 15) is 0 Å². The monoisotopic (exact) mass is 185 g/mol. The van der Waals surface area contributed by atoms with E-state index in [1.54, 1.807) is 11.3 Å². The minimum atomic E-state index is 0.945. The van der Waals surface area contributed by atoms with Gasteiger partial charge in [0.2, 0.25) is 0 Å². The number of thiazole rings is 1. The minimum Gasteiger partial charge on any atom is -0.360 e. The van der Waals surface area contributed by atoms with Crippen molar-refractivity contribution < 1.29 is 0 Å². The predicted molar refractivity (Wildman–Crippen MR) is 53.9 cm³/mol. The molecule has 0 amide bonds. The molecule has 3 nitrogen and oxygen atoms in total. The third-order valence-corrected chi connectivity index (χ3v) is 2.36. The van der Waals surface area contributed by atoms with Crippen LogP contribution in [-0.4, -0.2) is 24.6 Å². The number of hydrogen-bond donors (Lipinski definition) is 2. The third kappa shape index (κ3) is 3.19. The molecular formula is C8H15N3S. The number of nitrogens with one attached hydrogen (secondary N) is 2. The SMILES string of the molecule is CCNCCNc1nc(C)cs1. The Morgan fingerprint density at radius 2 is 2.33 bits per heavy atom. The van der Waals surface area contributed by atoms with Gasteiger partial charge in [-0.1, -0.05) is 6.92 Å². The van der Waals surface area contributed by atoms with Gasteiger partial charge in [0.05, 0.1) is 5.69 Å². The Labute approximate surface area is 77.2 Å². The van der Waals surface area contributed by atoms with E-state index in [2.05, 4.69) is 27.9 Å². The number of aryl methyl sites for hydroxylation is 1. The van der Waals surface area contributed by atoms with Crippen LogP contribution in [0.2, 0.25) is 0 Å². The third-order valence-electron chi connectivity index (χ3n) is 1.45. The average Bonchev–Trinajstić information content (AvgIpc) is 2.45. The molecule has 0 unspecified atom stereocenters. The fraction of sp³-hybridized carbons (Fsp3) is 0.625. The Morgan fingerprint density at radius 3 is 2.92 bits per heavy atom. The van der Waals surface area contributed by atoms with E-state index < -0.39 is 0 Å². The van der Waals surface area contributed by atoms with Crippen LogP contribution in [0.15, 0.2) is 5.38 Å². The molecule has 0 spiro atoms. The number of hydrogen-bond acceptors (Lipinski definition) is 4. The summed E-state index contributed by atoms with van der Waals surface area (Å²) in [6.07, 6.45) is 0. The largest absolute Gasteiger partial charge is 0.360 e. The number of likely N-dealkylation sites (N-methyl/N-ethyl adjacent to an activating group) is 1. The van der Waals surface area contributed by atoms with Gasteiger partial charge in [0.1, 0.15) is 0 Å². The molecule has 0 saturated heterocycles. The molecule has 1 heterocycles. The summed E-state index contributed by atoms with van der Waals surface area (Å²) in [5, 5.41) is 9.55. The summed E-state index contributed by atoms with van der Waals surface area (Å²) < 4.78 is 0. The fourth-order valence-electron chi connectivity index (χ4n) is 0.870. The van der Waals surface area contributed by atoms with Gasteiger partial charge >= 0.3 is 0 Å². The normalized spacial score (nSPS) is 10.2. The molecule has 0 saturated carbocycles. The van der Waals surface area contributed by atoms with Crippen LogP contribution in [0, 0.1) is 6.92 Å². The molecule has 1 aromatic heterocycles. The molecular weight excluding hydrogens is 170 g/mol. The predicted octanol–water partition coefficient (Wildman–Crippen LogP) is 1.47. The second kappa shape index (κ2) is 5.11. The Kier molecular flexibility index (Phi) is 4.04. The van der Waals surface area contributed by atoms with Crippen molar-refractivity contribution in [3.8, 4) is 0 Å². The van der Waals surface area contributed by atoms with Crippen LogP contribution in [0.5, 0.6) is 0 Å². The lowest BCUT2D eigenvalue weighted by Gasteiger charge is -2.01. The van der Waals surface area contributed by atoms with Crippen LogP contribution in [0.3, 0.4) is 0 Å². The Morgan fingerprint density at radius 1 is 1.50 bits per heavy atom. The molecule has 0 atom stereocenters. The van der Waals surface area contributed by atoms with Gasteiger partial charge in [-0.25, -0.2) is 4.98 Å². The highest BCUT2D eigenvalue weighted by Crippen LogP contribution is 2.13. The Balaban J connectivity index is 2.15. The summed E-state index contributed by atoms with van der Waals surface area (Å²) in [6, 6.07) is 0. The smallest absolute Gasteiger partial charge is 0.182 e. The molecule has 4 heteroatoms. The first kappa shape index (κ1) is 9.48. The first-order valence-corrected chi connectivity index (χ1v) is 5.07. The van der Waals surface area contributed by atoms with Crippen LogP contribution < -0.4 is 10.6 Å². The van der Waals surface area contributed by atoms with Crippen molar-refractivity contribution in [1.29, 1.82) is 0 Å². The summed E-state index contributed by atoms with van der Waals surface area (Å²) in [7, 11) is 0. The van der Waals surface area contributed by atoms with Crippen molar-refractivity contribution >= 4 is 16.5 Å². The van der Waals surface area contributed by atoms with E-state index in [0.29, 0.717) is 0 Å². The van der Waals surface area contributed by atoms with Gasteiger partial charge in [-0.3, -0.25) is 0 Å². The molecule has 0 aliphatic carbocycles. The highest BCUT2D eigenvalue weighted by atomic mass is 32.1. The molecule has 0 radical (unpaired) electrons. The Hall–Kier alpha value is -0.610. The number of aromatic nitrogens is 1. The summed E-state index contributed by atoms with van der Waals surface area (Å²) in [5.41, 5.74) is 1.09. The van der Waals surface area contributed by atoms with Crippen molar-refractivity contribution in [2.45, 2.75) is 13.8 Å². The van der Waals surface area contributed by atoms with Crippen LogP contribution in [0.4, 0.5) is 5.13 Å². The lowest BCUT2D eigenvalue weighted by molar-refractivity contribution is 0.738. The number of rotatable bonds is 5. The van der Waals surface area contributed by atoms with E-state index in [-0.39, 0.29) is 0 Å². The van der Waals surface area contributed by atoms with Crippen LogP contribution in [-0.2, 0) is 0 Å². The molecule has 0 aromatic carbocycles.